The molecule has 0 spiro atoms. The molecular weight excluding hydrogens is 220 g/mol. The first-order valence-corrected chi connectivity index (χ1v) is 6.10. The summed E-state index contributed by atoms with van der Waals surface area (Å²) in [6, 6.07) is 4.56. The second-order valence-electron chi connectivity index (χ2n) is 4.81. The molecule has 0 atom stereocenters. The van der Waals surface area contributed by atoms with Crippen molar-refractivity contribution in [3.8, 4) is 0 Å². The number of piperidine rings is 1. The van der Waals surface area contributed by atoms with E-state index in [0.29, 0.717) is 0 Å². The van der Waals surface area contributed by atoms with Gasteiger partial charge in [0.05, 0.1) is 0 Å². The maximum atomic E-state index is 4.48. The molecule has 2 nitrogen and oxygen atoms in total. The highest BCUT2D eigenvalue weighted by atomic mass is 35.5. The minimum atomic E-state index is 0. The van der Waals surface area contributed by atoms with E-state index < -0.39 is 0 Å². The molecule has 16 heavy (non-hydrogen) atoms. The monoisotopic (exact) mass is 238 g/mol. The van der Waals surface area contributed by atoms with Crippen molar-refractivity contribution < 1.29 is 0 Å². The van der Waals surface area contributed by atoms with Gasteiger partial charge in [-0.25, -0.2) is 0 Å². The average Bonchev–Trinajstić information content (AvgIpc) is 3.14. The largest absolute Gasteiger partial charge is 0.317 e. The summed E-state index contributed by atoms with van der Waals surface area (Å²) in [6.45, 7) is 2.34. The fraction of sp³-hybridized carbons (Fsp3) is 0.615. The van der Waals surface area contributed by atoms with E-state index in [1.54, 1.807) is 0 Å². The molecule has 0 amide bonds. The van der Waals surface area contributed by atoms with Crippen LogP contribution in [0.4, 0.5) is 0 Å². The van der Waals surface area contributed by atoms with E-state index in [4.69, 9.17) is 0 Å². The SMILES string of the molecule is Cl.c1cc(C2CCNCC2)cc(C2CC2)n1. The van der Waals surface area contributed by atoms with Crippen molar-refractivity contribution in [2.75, 3.05) is 13.1 Å². The van der Waals surface area contributed by atoms with Gasteiger partial charge in [-0.1, -0.05) is 0 Å². The Kier molecular flexibility index (Phi) is 3.82. The highest BCUT2D eigenvalue weighted by Crippen LogP contribution is 2.40. The minimum Gasteiger partial charge on any atom is -0.317 e. The van der Waals surface area contributed by atoms with Gasteiger partial charge in [-0.3, -0.25) is 4.98 Å². The summed E-state index contributed by atoms with van der Waals surface area (Å²) in [5.74, 6) is 1.55. The normalized spacial score (nSPS) is 21.5. The average molecular weight is 239 g/mol. The van der Waals surface area contributed by atoms with Crippen LogP contribution in [-0.2, 0) is 0 Å². The summed E-state index contributed by atoms with van der Waals surface area (Å²) in [7, 11) is 0. The van der Waals surface area contributed by atoms with Gasteiger partial charge in [-0.15, -0.1) is 12.4 Å². The van der Waals surface area contributed by atoms with E-state index in [1.165, 1.54) is 50.0 Å². The molecule has 2 heterocycles. The van der Waals surface area contributed by atoms with E-state index in [0.717, 1.165) is 11.8 Å². The van der Waals surface area contributed by atoms with Crippen LogP contribution in [0.1, 0.15) is 48.8 Å². The highest BCUT2D eigenvalue weighted by Gasteiger charge is 2.25. The van der Waals surface area contributed by atoms with Crippen molar-refractivity contribution in [3.05, 3.63) is 29.6 Å². The molecule has 3 heteroatoms. The van der Waals surface area contributed by atoms with Crippen LogP contribution in [0.2, 0.25) is 0 Å². The van der Waals surface area contributed by atoms with E-state index in [2.05, 4.69) is 22.4 Å². The molecular formula is C13H19ClN2. The fourth-order valence-electron chi connectivity index (χ4n) is 2.48. The molecule has 0 bridgehead atoms. The Morgan fingerprint density at radius 3 is 2.50 bits per heavy atom. The lowest BCUT2D eigenvalue weighted by atomic mass is 9.90. The number of nitrogens with one attached hydrogen (secondary N) is 1. The number of pyridine rings is 1. The topological polar surface area (TPSA) is 24.9 Å². The quantitative estimate of drug-likeness (QED) is 0.857. The van der Waals surface area contributed by atoms with Crippen LogP contribution < -0.4 is 5.32 Å². The summed E-state index contributed by atoms with van der Waals surface area (Å²) in [5.41, 5.74) is 2.86. The van der Waals surface area contributed by atoms with Crippen LogP contribution in [0.3, 0.4) is 0 Å². The number of hydrogen-bond acceptors (Lipinski definition) is 2. The smallest absolute Gasteiger partial charge is 0.0437 e. The third-order valence-electron chi connectivity index (χ3n) is 3.61. The number of rotatable bonds is 2. The van der Waals surface area contributed by atoms with Crippen molar-refractivity contribution in [3.63, 3.8) is 0 Å². The lowest BCUT2D eigenvalue weighted by molar-refractivity contribution is 0.460. The van der Waals surface area contributed by atoms with Gasteiger partial charge < -0.3 is 5.32 Å². The van der Waals surface area contributed by atoms with Gasteiger partial charge in [0.1, 0.15) is 0 Å². The summed E-state index contributed by atoms with van der Waals surface area (Å²) < 4.78 is 0. The maximum absolute atomic E-state index is 4.48. The number of nitrogens with zero attached hydrogens (tertiary/aromatic N) is 1. The van der Waals surface area contributed by atoms with Crippen LogP contribution in [0.5, 0.6) is 0 Å². The van der Waals surface area contributed by atoms with Gasteiger partial charge in [-0.05, 0) is 62.4 Å². The van der Waals surface area contributed by atoms with Gasteiger partial charge in [0, 0.05) is 17.8 Å². The second kappa shape index (κ2) is 5.15. The van der Waals surface area contributed by atoms with Crippen LogP contribution in [-0.4, -0.2) is 18.1 Å². The highest BCUT2D eigenvalue weighted by molar-refractivity contribution is 5.85. The number of aromatic nitrogens is 1. The summed E-state index contributed by atoms with van der Waals surface area (Å²) in [4.78, 5) is 4.48. The summed E-state index contributed by atoms with van der Waals surface area (Å²) in [6.07, 6.45) is 7.28. The molecule has 1 saturated carbocycles. The molecule has 1 aliphatic carbocycles. The van der Waals surface area contributed by atoms with Crippen LogP contribution >= 0.6 is 12.4 Å². The van der Waals surface area contributed by atoms with Gasteiger partial charge in [0.25, 0.3) is 0 Å². The number of hydrogen-bond donors (Lipinski definition) is 1. The Labute approximate surface area is 103 Å². The zero-order valence-corrected chi connectivity index (χ0v) is 10.3. The first kappa shape index (κ1) is 11.9. The molecule has 0 radical (unpaired) electrons. The molecule has 2 aliphatic rings. The zero-order chi connectivity index (χ0) is 10.1. The third-order valence-corrected chi connectivity index (χ3v) is 3.61. The maximum Gasteiger partial charge on any atom is 0.0437 e. The standard InChI is InChI=1S/C13H18N2.ClH/c1-2-11(1)13-9-12(5-8-15-13)10-3-6-14-7-4-10;/h5,8-11,14H,1-4,6-7H2;1H. The Hall–Kier alpha value is -0.600. The van der Waals surface area contributed by atoms with Crippen molar-refractivity contribution in [2.45, 2.75) is 37.5 Å². The lowest BCUT2D eigenvalue weighted by Crippen LogP contribution is -2.26. The van der Waals surface area contributed by atoms with E-state index in [1.807, 2.05) is 6.20 Å². The van der Waals surface area contributed by atoms with Gasteiger partial charge in [0.2, 0.25) is 0 Å². The Bertz CT molecular complexity index is 344. The molecule has 1 aromatic heterocycles. The predicted molar refractivity (Wildman–Crippen MR) is 68.3 cm³/mol. The molecule has 1 N–H and O–H groups in total. The Morgan fingerprint density at radius 1 is 1.06 bits per heavy atom. The minimum absolute atomic E-state index is 0. The summed E-state index contributed by atoms with van der Waals surface area (Å²) in [5, 5.41) is 3.42. The van der Waals surface area contributed by atoms with Gasteiger partial charge in [-0.2, -0.15) is 0 Å². The zero-order valence-electron chi connectivity index (χ0n) is 9.48. The Balaban J connectivity index is 0.000000963. The van der Waals surface area contributed by atoms with Gasteiger partial charge in [0.15, 0.2) is 0 Å². The molecule has 3 rings (SSSR count). The molecule has 88 valence electrons. The second-order valence-corrected chi connectivity index (χ2v) is 4.81. The molecule has 0 unspecified atom stereocenters. The van der Waals surface area contributed by atoms with E-state index in [-0.39, 0.29) is 12.4 Å². The fourth-order valence-corrected chi connectivity index (χ4v) is 2.48. The van der Waals surface area contributed by atoms with Crippen molar-refractivity contribution >= 4 is 12.4 Å². The van der Waals surface area contributed by atoms with Crippen LogP contribution in [0.25, 0.3) is 0 Å². The van der Waals surface area contributed by atoms with Gasteiger partial charge >= 0.3 is 0 Å². The Morgan fingerprint density at radius 2 is 1.81 bits per heavy atom. The summed E-state index contributed by atoms with van der Waals surface area (Å²) >= 11 is 0. The lowest BCUT2D eigenvalue weighted by Gasteiger charge is -2.23. The first-order valence-electron chi connectivity index (χ1n) is 6.10. The van der Waals surface area contributed by atoms with Crippen LogP contribution in [0, 0.1) is 0 Å². The van der Waals surface area contributed by atoms with Crippen molar-refractivity contribution in [2.24, 2.45) is 0 Å². The van der Waals surface area contributed by atoms with Crippen molar-refractivity contribution in [1.29, 1.82) is 0 Å². The van der Waals surface area contributed by atoms with E-state index >= 15 is 0 Å². The predicted octanol–water partition coefficient (Wildman–Crippen LogP) is 2.85. The molecule has 2 fully saturated rings. The number of halogens is 1. The molecule has 1 saturated heterocycles. The molecule has 0 aromatic carbocycles. The first-order chi connectivity index (χ1) is 7.43. The van der Waals surface area contributed by atoms with Crippen LogP contribution in [0.15, 0.2) is 18.3 Å². The molecule has 1 aromatic rings. The molecule has 1 aliphatic heterocycles. The third kappa shape index (κ3) is 2.55. The van der Waals surface area contributed by atoms with Crippen molar-refractivity contribution in [1.82, 2.24) is 10.3 Å². The van der Waals surface area contributed by atoms with E-state index in [9.17, 15) is 0 Å².